The van der Waals surface area contributed by atoms with Gasteiger partial charge in [-0.3, -0.25) is 4.79 Å². The Balaban J connectivity index is 2.13. The van der Waals surface area contributed by atoms with Crippen molar-refractivity contribution in [2.45, 2.75) is 33.1 Å². The maximum Gasteiger partial charge on any atom is 0.142 e. The normalized spacial score (nSPS) is 37.5. The molecule has 2 fully saturated rings. The number of hydrogen-bond acceptors (Lipinski definition) is 5. The molecule has 2 bridgehead atoms. The lowest BCUT2D eigenvalue weighted by Crippen LogP contribution is -2.40. The highest BCUT2D eigenvalue weighted by molar-refractivity contribution is 7.74. The summed E-state index contributed by atoms with van der Waals surface area (Å²) in [6.07, 6.45) is 2.67. The van der Waals surface area contributed by atoms with Crippen LogP contribution in [0.3, 0.4) is 0 Å². The summed E-state index contributed by atoms with van der Waals surface area (Å²) in [5, 5.41) is 4.29. The van der Waals surface area contributed by atoms with Crippen molar-refractivity contribution in [1.29, 1.82) is 0 Å². The van der Waals surface area contributed by atoms with E-state index in [1.54, 1.807) is 0 Å². The third kappa shape index (κ3) is 1.45. The molecule has 4 nitrogen and oxygen atoms in total. The molecule has 0 saturated heterocycles. The van der Waals surface area contributed by atoms with Gasteiger partial charge in [0.05, 0.1) is 12.0 Å². The average molecular weight is 232 g/mol. The Hall–Kier alpha value is -0.100. The maximum absolute atomic E-state index is 12.0. The smallest absolute Gasteiger partial charge is 0.142 e. The zero-order chi connectivity index (χ0) is 11.1. The predicted octanol–water partition coefficient (Wildman–Crippen LogP) is 2.11. The van der Waals surface area contributed by atoms with Crippen LogP contribution in [0.2, 0.25) is 0 Å². The van der Waals surface area contributed by atoms with E-state index in [-0.39, 0.29) is 17.4 Å². The Morgan fingerprint density at radius 1 is 1.53 bits per heavy atom. The van der Waals surface area contributed by atoms with Crippen molar-refractivity contribution >= 4 is 18.7 Å². The standard InChI is InChI=1S/C10H16O4S/c1-9(2)7-3-4-10(9,8(11)5-7)6-12-13-14-15/h7,15H,3-6H2,1-2H3. The van der Waals surface area contributed by atoms with Crippen LogP contribution in [0, 0.1) is 16.7 Å². The van der Waals surface area contributed by atoms with Crippen LogP contribution in [0.4, 0.5) is 0 Å². The second-order valence-electron chi connectivity index (χ2n) is 5.07. The van der Waals surface area contributed by atoms with Gasteiger partial charge in [-0.25, -0.2) is 4.89 Å². The third-order valence-electron chi connectivity index (χ3n) is 4.52. The molecule has 0 spiro atoms. The Morgan fingerprint density at radius 2 is 2.27 bits per heavy atom. The number of carbonyl (C=O) groups is 1. The molecule has 0 radical (unpaired) electrons. The number of fused-ring (bicyclic) bond motifs is 2. The minimum atomic E-state index is -0.385. The molecule has 0 heterocycles. The quantitative estimate of drug-likeness (QED) is 0.265. The molecule has 5 heteroatoms. The van der Waals surface area contributed by atoms with Gasteiger partial charge in [-0.05, 0) is 24.2 Å². The van der Waals surface area contributed by atoms with Crippen molar-refractivity contribution < 1.29 is 19.1 Å². The van der Waals surface area contributed by atoms with Crippen LogP contribution in [0.1, 0.15) is 33.1 Å². The van der Waals surface area contributed by atoms with E-state index in [1.807, 2.05) is 0 Å². The number of carbonyl (C=O) groups excluding carboxylic acids is 1. The molecular weight excluding hydrogens is 216 g/mol. The summed E-state index contributed by atoms with van der Waals surface area (Å²) in [5.74, 6) is 0.789. The lowest BCUT2D eigenvalue weighted by molar-refractivity contribution is -0.466. The Bertz CT molecular complexity index is 279. The molecule has 0 aromatic heterocycles. The summed E-state index contributed by atoms with van der Waals surface area (Å²) < 4.78 is 4.07. The molecule has 0 amide bonds. The SMILES string of the molecule is CC1(C)C2CCC1(COOOS)C(=O)C2. The maximum atomic E-state index is 12.0. The molecule has 0 aromatic carbocycles. The predicted molar refractivity (Wildman–Crippen MR) is 55.7 cm³/mol. The van der Waals surface area contributed by atoms with Crippen LogP contribution < -0.4 is 0 Å². The fourth-order valence-corrected chi connectivity index (χ4v) is 3.30. The molecule has 2 rings (SSSR count). The number of rotatable bonds is 4. The number of Topliss-reactive ketones (excluding diaryl/α,β-unsaturated/α-hetero) is 1. The molecule has 2 atom stereocenters. The summed E-state index contributed by atoms with van der Waals surface area (Å²) in [5.41, 5.74) is -0.381. The van der Waals surface area contributed by atoms with Gasteiger partial charge >= 0.3 is 0 Å². The summed E-state index contributed by atoms with van der Waals surface area (Å²) in [7, 11) is 0. The Morgan fingerprint density at radius 3 is 2.73 bits per heavy atom. The van der Waals surface area contributed by atoms with Gasteiger partial charge in [0.25, 0.3) is 0 Å². The lowest BCUT2D eigenvalue weighted by atomic mass is 9.69. The minimum absolute atomic E-state index is 0.00401. The number of hydrogen-bond donors (Lipinski definition) is 1. The topological polar surface area (TPSA) is 44.8 Å². The van der Waals surface area contributed by atoms with Crippen molar-refractivity contribution in [3.8, 4) is 0 Å². The van der Waals surface area contributed by atoms with E-state index >= 15 is 0 Å². The molecular formula is C10H16O4S. The van der Waals surface area contributed by atoms with Gasteiger partial charge in [-0.2, -0.15) is 0 Å². The zero-order valence-electron chi connectivity index (χ0n) is 8.99. The highest BCUT2D eigenvalue weighted by atomic mass is 32.1. The van der Waals surface area contributed by atoms with Gasteiger partial charge in [0.15, 0.2) is 0 Å². The molecule has 86 valence electrons. The summed E-state index contributed by atoms with van der Waals surface area (Å²) in [6, 6.07) is 0. The van der Waals surface area contributed by atoms with Crippen LogP contribution in [-0.4, -0.2) is 12.4 Å². The van der Waals surface area contributed by atoms with Gasteiger partial charge in [0, 0.05) is 19.3 Å². The van der Waals surface area contributed by atoms with Crippen LogP contribution >= 0.6 is 12.9 Å². The average Bonchev–Trinajstić information content (AvgIpc) is 2.52. The van der Waals surface area contributed by atoms with E-state index in [9.17, 15) is 4.79 Å². The van der Waals surface area contributed by atoms with E-state index in [0.717, 1.165) is 12.8 Å². The van der Waals surface area contributed by atoms with Crippen LogP contribution in [-0.2, 0) is 19.1 Å². The van der Waals surface area contributed by atoms with Crippen molar-refractivity contribution in [2.75, 3.05) is 6.61 Å². The van der Waals surface area contributed by atoms with E-state index in [2.05, 4.69) is 36.1 Å². The van der Waals surface area contributed by atoms with Gasteiger partial charge in [0.2, 0.25) is 0 Å². The van der Waals surface area contributed by atoms with Crippen LogP contribution in [0.15, 0.2) is 0 Å². The highest BCUT2D eigenvalue weighted by Gasteiger charge is 2.64. The van der Waals surface area contributed by atoms with Crippen LogP contribution in [0.25, 0.3) is 0 Å². The zero-order valence-corrected chi connectivity index (χ0v) is 9.88. The van der Waals surface area contributed by atoms with E-state index in [1.165, 1.54) is 0 Å². The summed E-state index contributed by atoms with van der Waals surface area (Å²) in [6.45, 7) is 4.54. The fourth-order valence-electron chi connectivity index (χ4n) is 3.25. The lowest BCUT2D eigenvalue weighted by Gasteiger charge is -2.35. The highest BCUT2D eigenvalue weighted by Crippen LogP contribution is 2.63. The second-order valence-corrected chi connectivity index (χ2v) is 5.22. The van der Waals surface area contributed by atoms with E-state index in [0.29, 0.717) is 18.1 Å². The first-order valence-corrected chi connectivity index (χ1v) is 5.54. The molecule has 2 aliphatic rings. The fraction of sp³-hybridized carbons (Fsp3) is 0.900. The van der Waals surface area contributed by atoms with E-state index in [4.69, 9.17) is 4.89 Å². The molecule has 15 heavy (non-hydrogen) atoms. The monoisotopic (exact) mass is 232 g/mol. The largest absolute Gasteiger partial charge is 0.299 e. The minimum Gasteiger partial charge on any atom is -0.299 e. The number of thiol groups is 1. The van der Waals surface area contributed by atoms with Gasteiger partial charge < -0.3 is 0 Å². The van der Waals surface area contributed by atoms with Gasteiger partial charge in [-0.15, -0.1) is 4.33 Å². The first kappa shape index (κ1) is 11.4. The first-order valence-electron chi connectivity index (χ1n) is 5.17. The van der Waals surface area contributed by atoms with Crippen LogP contribution in [0.5, 0.6) is 0 Å². The third-order valence-corrected chi connectivity index (χ3v) is 4.58. The Kier molecular flexibility index (Phi) is 2.83. The molecule has 2 saturated carbocycles. The molecule has 2 unspecified atom stereocenters. The molecule has 0 aliphatic heterocycles. The molecule has 0 N–H and O–H groups in total. The van der Waals surface area contributed by atoms with Crippen molar-refractivity contribution in [3.05, 3.63) is 0 Å². The molecule has 2 aliphatic carbocycles. The molecule has 0 aromatic rings. The van der Waals surface area contributed by atoms with Crippen molar-refractivity contribution in [2.24, 2.45) is 16.7 Å². The van der Waals surface area contributed by atoms with Gasteiger partial charge in [0.1, 0.15) is 5.78 Å². The van der Waals surface area contributed by atoms with E-state index < -0.39 is 0 Å². The second kappa shape index (κ2) is 3.73. The summed E-state index contributed by atoms with van der Waals surface area (Å²) >= 11 is 3.40. The summed E-state index contributed by atoms with van der Waals surface area (Å²) in [4.78, 5) is 16.8. The van der Waals surface area contributed by atoms with Crippen molar-refractivity contribution in [3.63, 3.8) is 0 Å². The first-order chi connectivity index (χ1) is 7.04. The van der Waals surface area contributed by atoms with Crippen molar-refractivity contribution in [1.82, 2.24) is 0 Å². The number of ketones is 1. The Labute approximate surface area is 94.7 Å². The van der Waals surface area contributed by atoms with Gasteiger partial charge in [-0.1, -0.05) is 18.9 Å².